The first-order chi connectivity index (χ1) is 2.00. The predicted molar refractivity (Wildman–Crippen MR) is 19.9 cm³/mol. The van der Waals surface area contributed by atoms with Gasteiger partial charge in [0.1, 0.15) is 0 Å². The SMILES string of the molecule is O=[As]([O-])([O-])[O-].[Ca+2].[Ca+2].[OH-]. The fourth-order valence-corrected chi connectivity index (χ4v) is 0. The van der Waals surface area contributed by atoms with Gasteiger partial charge in [0.15, 0.2) is 0 Å². The van der Waals surface area contributed by atoms with Crippen LogP contribution in [-0.2, 0) is 3.74 Å². The van der Waals surface area contributed by atoms with Gasteiger partial charge in [-0.1, -0.05) is 0 Å². The molecule has 0 aromatic heterocycles. The minimum atomic E-state index is -5.88. The Bertz CT molecular complexity index is 56.6. The van der Waals surface area contributed by atoms with Crippen molar-refractivity contribution < 1.29 is 21.5 Å². The van der Waals surface area contributed by atoms with Crippen molar-refractivity contribution in [3.05, 3.63) is 0 Å². The normalized spacial score (nSPS) is 7.38. The molecule has 1 N–H and O–H groups in total. The molecular weight excluding hydrogens is 235 g/mol. The molecule has 0 aromatic carbocycles. The fourth-order valence-electron chi connectivity index (χ4n) is 0. The maximum absolute atomic E-state index is 8.61. The summed E-state index contributed by atoms with van der Waals surface area (Å²) in [5.41, 5.74) is 0. The van der Waals surface area contributed by atoms with Crippen LogP contribution in [0.4, 0.5) is 0 Å². The molecular formula is HAsCa2O5. The van der Waals surface area contributed by atoms with E-state index in [9.17, 15) is 0 Å². The Hall–Kier alpha value is 2.72. The van der Waals surface area contributed by atoms with E-state index >= 15 is 0 Å². The van der Waals surface area contributed by atoms with Crippen molar-refractivity contribution in [2.75, 3.05) is 0 Å². The quantitative estimate of drug-likeness (QED) is 0.390. The molecule has 0 aromatic rings. The van der Waals surface area contributed by atoms with E-state index < -0.39 is 14.5 Å². The van der Waals surface area contributed by atoms with Crippen LogP contribution in [-0.4, -0.2) is 95.5 Å². The summed E-state index contributed by atoms with van der Waals surface area (Å²) in [6.07, 6.45) is 0. The van der Waals surface area contributed by atoms with Crippen molar-refractivity contribution in [2.24, 2.45) is 0 Å². The molecule has 0 atom stereocenters. The molecule has 0 aliphatic rings. The summed E-state index contributed by atoms with van der Waals surface area (Å²) >= 11 is -5.88. The average molecular weight is 236 g/mol. The summed E-state index contributed by atoms with van der Waals surface area (Å²) in [5.74, 6) is 0. The Kier molecular flexibility index (Phi) is 27.2. The van der Waals surface area contributed by atoms with Crippen molar-refractivity contribution in [1.29, 1.82) is 0 Å². The summed E-state index contributed by atoms with van der Waals surface area (Å²) in [7, 11) is 0. The van der Waals surface area contributed by atoms with Crippen LogP contribution in [0.3, 0.4) is 0 Å². The topological polar surface area (TPSA) is 116 Å². The van der Waals surface area contributed by atoms with E-state index in [-0.39, 0.29) is 81.0 Å². The molecule has 8 heavy (non-hydrogen) atoms. The van der Waals surface area contributed by atoms with Crippen LogP contribution in [0.1, 0.15) is 0 Å². The van der Waals surface area contributed by atoms with Crippen molar-refractivity contribution in [1.82, 2.24) is 0 Å². The Balaban J connectivity index is -0.0000000267. The van der Waals surface area contributed by atoms with Crippen LogP contribution >= 0.6 is 0 Å². The first-order valence-corrected chi connectivity index (χ1v) is 3.79. The number of hydrogen-bond donors (Lipinski definition) is 0. The van der Waals surface area contributed by atoms with Crippen LogP contribution < -0.4 is 12.3 Å². The Labute approximate surface area is 109 Å². The molecule has 0 saturated heterocycles. The summed E-state index contributed by atoms with van der Waals surface area (Å²) < 4.78 is 34.4. The summed E-state index contributed by atoms with van der Waals surface area (Å²) in [5, 5.41) is 0. The van der Waals surface area contributed by atoms with E-state index in [0.29, 0.717) is 0 Å². The van der Waals surface area contributed by atoms with Gasteiger partial charge >= 0.3 is 106 Å². The number of rotatable bonds is 0. The zero-order valence-corrected chi connectivity index (χ0v) is 10.2. The van der Waals surface area contributed by atoms with Crippen molar-refractivity contribution >= 4 is 90.0 Å². The largest absolute Gasteiger partial charge is 2.00 e. The Morgan fingerprint density at radius 1 is 1.00 bits per heavy atom. The van der Waals surface area contributed by atoms with Crippen molar-refractivity contribution in [3.8, 4) is 0 Å². The number of hydrogen-bond acceptors (Lipinski definition) is 5. The van der Waals surface area contributed by atoms with E-state index in [4.69, 9.17) is 16.0 Å². The predicted octanol–water partition coefficient (Wildman–Crippen LogP) is -5.00. The van der Waals surface area contributed by atoms with Crippen LogP contribution in [0, 0.1) is 0 Å². The van der Waals surface area contributed by atoms with Crippen molar-refractivity contribution in [2.45, 2.75) is 0 Å². The van der Waals surface area contributed by atoms with E-state index in [1.807, 2.05) is 0 Å². The maximum atomic E-state index is 8.61. The molecule has 0 rings (SSSR count). The molecule has 0 saturated carbocycles. The van der Waals surface area contributed by atoms with Crippen LogP contribution in [0.15, 0.2) is 0 Å². The Morgan fingerprint density at radius 3 is 1.00 bits per heavy atom. The standard InChI is InChI=1S/AsH3O4.2Ca.H2O/c2-1(3,4)5;;;/h(H3,2,3,4,5);;;1H2/q;2*+2;/p-4. The van der Waals surface area contributed by atoms with Gasteiger partial charge in [0.05, 0.1) is 0 Å². The smallest absolute Gasteiger partial charge is 0.870 e. The van der Waals surface area contributed by atoms with Crippen LogP contribution in [0.2, 0.25) is 0 Å². The van der Waals surface area contributed by atoms with Gasteiger partial charge in [0.2, 0.25) is 0 Å². The first kappa shape index (κ1) is 22.4. The summed E-state index contributed by atoms with van der Waals surface area (Å²) in [6, 6.07) is 0. The molecule has 5 nitrogen and oxygen atoms in total. The molecule has 0 heterocycles. The molecule has 8 heteroatoms. The van der Waals surface area contributed by atoms with Gasteiger partial charge < -0.3 is 5.48 Å². The van der Waals surface area contributed by atoms with Crippen LogP contribution in [0.5, 0.6) is 0 Å². The van der Waals surface area contributed by atoms with Gasteiger partial charge in [-0.2, -0.15) is 0 Å². The molecule has 0 spiro atoms. The molecule has 0 aliphatic heterocycles. The second kappa shape index (κ2) is 9.72. The van der Waals surface area contributed by atoms with E-state index in [0.717, 1.165) is 0 Å². The van der Waals surface area contributed by atoms with Gasteiger partial charge in [-0.15, -0.1) is 0 Å². The third-order valence-electron chi connectivity index (χ3n) is 0. The summed E-state index contributed by atoms with van der Waals surface area (Å²) in [4.78, 5) is 0. The second-order valence-corrected chi connectivity index (χ2v) is 2.32. The molecule has 0 fully saturated rings. The monoisotopic (exact) mass is 236 g/mol. The van der Waals surface area contributed by atoms with Gasteiger partial charge in [0.25, 0.3) is 0 Å². The van der Waals surface area contributed by atoms with Crippen LogP contribution in [0.25, 0.3) is 0 Å². The van der Waals surface area contributed by atoms with Gasteiger partial charge in [-0.3, -0.25) is 0 Å². The van der Waals surface area contributed by atoms with Crippen molar-refractivity contribution in [3.63, 3.8) is 0 Å². The summed E-state index contributed by atoms with van der Waals surface area (Å²) in [6.45, 7) is 0. The third kappa shape index (κ3) is 70.3. The molecule has 0 amide bonds. The van der Waals surface area contributed by atoms with E-state index in [1.54, 1.807) is 0 Å². The molecule has 0 unspecified atom stereocenters. The molecule has 40 valence electrons. The zero-order chi connectivity index (χ0) is 4.50. The fraction of sp³-hybridized carbons (Fsp3) is 0. The first-order valence-electron chi connectivity index (χ1n) is 0.730. The molecule has 0 aliphatic carbocycles. The third-order valence-corrected chi connectivity index (χ3v) is 0. The maximum Gasteiger partial charge on any atom is 2.00 e. The van der Waals surface area contributed by atoms with Gasteiger partial charge in [0, 0.05) is 0 Å². The zero-order valence-electron chi connectivity index (χ0n) is 3.94. The van der Waals surface area contributed by atoms with E-state index in [2.05, 4.69) is 0 Å². The Morgan fingerprint density at radius 2 is 1.00 bits per heavy atom. The minimum Gasteiger partial charge on any atom is -0.870 e. The molecule has 0 radical (unpaired) electrons. The second-order valence-electron chi connectivity index (χ2n) is 0.447. The minimum absolute atomic E-state index is 0. The van der Waals surface area contributed by atoms with Gasteiger partial charge in [-0.25, -0.2) is 0 Å². The average Bonchev–Trinajstić information content (AvgIpc) is 0.722. The van der Waals surface area contributed by atoms with Gasteiger partial charge in [-0.05, 0) is 0 Å². The molecule has 0 bridgehead atoms. The van der Waals surface area contributed by atoms with E-state index in [1.165, 1.54) is 0 Å².